The maximum Gasteiger partial charge on any atom is 0.194 e. The Bertz CT molecular complexity index is 542. The molecule has 174 valence electrons. The van der Waals surface area contributed by atoms with Crippen LogP contribution in [0.1, 0.15) is 71.6 Å². The monoisotopic (exact) mass is 535 g/mol. The Kier molecular flexibility index (Phi) is 9.53. The van der Waals surface area contributed by atoms with Crippen LogP contribution in [0.3, 0.4) is 0 Å². The SMILES string of the molecule is CCN=C(NC1CC(OCC)C12CCCC2)N1CCC(OCC2CCCO2)CC1.I. The summed E-state index contributed by atoms with van der Waals surface area (Å²) in [6, 6.07) is 0.514. The van der Waals surface area contributed by atoms with Crippen molar-refractivity contribution in [2.45, 2.75) is 96.0 Å². The van der Waals surface area contributed by atoms with Crippen LogP contribution in [-0.4, -0.2) is 74.7 Å². The van der Waals surface area contributed by atoms with Crippen LogP contribution in [0.2, 0.25) is 0 Å². The van der Waals surface area contributed by atoms with Crippen LogP contribution >= 0.6 is 24.0 Å². The molecule has 0 radical (unpaired) electrons. The van der Waals surface area contributed by atoms with Gasteiger partial charge in [0.2, 0.25) is 0 Å². The summed E-state index contributed by atoms with van der Waals surface area (Å²) in [5, 5.41) is 3.87. The molecule has 0 amide bonds. The van der Waals surface area contributed by atoms with Gasteiger partial charge in [-0.1, -0.05) is 12.8 Å². The highest BCUT2D eigenvalue weighted by Crippen LogP contribution is 2.54. The Labute approximate surface area is 199 Å². The summed E-state index contributed by atoms with van der Waals surface area (Å²) < 4.78 is 17.9. The van der Waals surface area contributed by atoms with Crippen LogP contribution in [0.4, 0.5) is 0 Å². The molecule has 1 spiro atoms. The molecule has 2 aliphatic heterocycles. The Morgan fingerprint density at radius 2 is 1.87 bits per heavy atom. The molecule has 0 aromatic heterocycles. The van der Waals surface area contributed by atoms with Gasteiger partial charge in [0.25, 0.3) is 0 Å². The number of rotatable bonds is 7. The van der Waals surface area contributed by atoms with E-state index in [0.29, 0.717) is 29.8 Å². The first-order valence-corrected chi connectivity index (χ1v) is 12.2. The molecule has 7 heteroatoms. The lowest BCUT2D eigenvalue weighted by Gasteiger charge is -2.55. The third-order valence-electron chi connectivity index (χ3n) is 7.58. The second kappa shape index (κ2) is 11.7. The topological polar surface area (TPSA) is 55.3 Å². The van der Waals surface area contributed by atoms with E-state index < -0.39 is 0 Å². The van der Waals surface area contributed by atoms with Crippen molar-refractivity contribution in [1.29, 1.82) is 0 Å². The maximum absolute atomic E-state index is 6.16. The van der Waals surface area contributed by atoms with Crippen LogP contribution in [0.25, 0.3) is 0 Å². The molecule has 0 aromatic rings. The van der Waals surface area contributed by atoms with Crippen molar-refractivity contribution in [2.24, 2.45) is 10.4 Å². The molecule has 2 heterocycles. The number of nitrogens with one attached hydrogen (secondary N) is 1. The van der Waals surface area contributed by atoms with Gasteiger partial charge in [0.05, 0.1) is 24.9 Å². The summed E-state index contributed by atoms with van der Waals surface area (Å²) in [5.74, 6) is 1.11. The van der Waals surface area contributed by atoms with Crippen molar-refractivity contribution in [2.75, 3.05) is 39.5 Å². The number of ether oxygens (including phenoxy) is 3. The Balaban J connectivity index is 0.00000256. The zero-order chi connectivity index (χ0) is 20.1. The predicted octanol–water partition coefficient (Wildman–Crippen LogP) is 3.97. The second-order valence-electron chi connectivity index (χ2n) is 9.27. The fourth-order valence-electron chi connectivity index (χ4n) is 5.88. The van der Waals surface area contributed by atoms with Gasteiger partial charge in [-0.2, -0.15) is 0 Å². The number of hydrogen-bond donors (Lipinski definition) is 1. The number of halogens is 1. The number of nitrogens with zero attached hydrogens (tertiary/aromatic N) is 2. The summed E-state index contributed by atoms with van der Waals surface area (Å²) >= 11 is 0. The highest BCUT2D eigenvalue weighted by Gasteiger charge is 2.57. The highest BCUT2D eigenvalue weighted by molar-refractivity contribution is 14.0. The number of guanidine groups is 1. The number of piperidine rings is 1. The summed E-state index contributed by atoms with van der Waals surface area (Å²) in [7, 11) is 0. The van der Waals surface area contributed by atoms with E-state index in [1.165, 1.54) is 32.1 Å². The van der Waals surface area contributed by atoms with Crippen molar-refractivity contribution >= 4 is 29.9 Å². The molecule has 2 saturated carbocycles. The van der Waals surface area contributed by atoms with E-state index in [1.807, 2.05) is 0 Å². The van der Waals surface area contributed by atoms with E-state index in [-0.39, 0.29) is 24.0 Å². The summed E-state index contributed by atoms with van der Waals surface area (Å²) in [6.07, 6.45) is 12.0. The Morgan fingerprint density at radius 1 is 1.10 bits per heavy atom. The third-order valence-corrected chi connectivity index (χ3v) is 7.58. The van der Waals surface area contributed by atoms with E-state index >= 15 is 0 Å². The minimum absolute atomic E-state index is 0. The minimum atomic E-state index is 0. The van der Waals surface area contributed by atoms with Gasteiger partial charge in [-0.15, -0.1) is 24.0 Å². The second-order valence-corrected chi connectivity index (χ2v) is 9.27. The van der Waals surface area contributed by atoms with Crippen molar-refractivity contribution < 1.29 is 14.2 Å². The predicted molar refractivity (Wildman–Crippen MR) is 131 cm³/mol. The van der Waals surface area contributed by atoms with Crippen molar-refractivity contribution in [1.82, 2.24) is 10.2 Å². The number of likely N-dealkylation sites (tertiary alicyclic amines) is 1. The van der Waals surface area contributed by atoms with E-state index in [2.05, 4.69) is 24.1 Å². The summed E-state index contributed by atoms with van der Waals surface area (Å²) in [5.41, 5.74) is 0.341. The largest absolute Gasteiger partial charge is 0.378 e. The molecule has 2 aliphatic carbocycles. The quantitative estimate of drug-likeness (QED) is 0.304. The first-order chi connectivity index (χ1) is 14.2. The van der Waals surface area contributed by atoms with Crippen LogP contribution in [0.5, 0.6) is 0 Å². The van der Waals surface area contributed by atoms with Crippen molar-refractivity contribution in [3.05, 3.63) is 0 Å². The lowest BCUT2D eigenvalue weighted by atomic mass is 9.60. The Hall–Kier alpha value is -0.120. The smallest absolute Gasteiger partial charge is 0.194 e. The lowest BCUT2D eigenvalue weighted by molar-refractivity contribution is -0.126. The molecular formula is C23H42IN3O3. The van der Waals surface area contributed by atoms with Crippen molar-refractivity contribution in [3.8, 4) is 0 Å². The molecular weight excluding hydrogens is 493 g/mol. The molecule has 2 saturated heterocycles. The molecule has 30 heavy (non-hydrogen) atoms. The molecule has 3 unspecified atom stereocenters. The minimum Gasteiger partial charge on any atom is -0.378 e. The normalized spacial score (nSPS) is 31.6. The van der Waals surface area contributed by atoms with Crippen LogP contribution in [0.15, 0.2) is 4.99 Å². The van der Waals surface area contributed by atoms with Crippen LogP contribution in [0, 0.1) is 5.41 Å². The zero-order valence-electron chi connectivity index (χ0n) is 18.9. The molecule has 3 atom stereocenters. The fourth-order valence-corrected chi connectivity index (χ4v) is 5.88. The van der Waals surface area contributed by atoms with Gasteiger partial charge in [0, 0.05) is 44.3 Å². The van der Waals surface area contributed by atoms with Gasteiger partial charge in [0.15, 0.2) is 5.96 Å². The third kappa shape index (κ3) is 5.44. The van der Waals surface area contributed by atoms with Gasteiger partial charge in [-0.25, -0.2) is 0 Å². The Morgan fingerprint density at radius 3 is 2.50 bits per heavy atom. The van der Waals surface area contributed by atoms with Crippen molar-refractivity contribution in [3.63, 3.8) is 0 Å². The van der Waals surface area contributed by atoms with E-state index in [0.717, 1.165) is 71.1 Å². The molecule has 1 N–H and O–H groups in total. The summed E-state index contributed by atoms with van der Waals surface area (Å²) in [4.78, 5) is 7.31. The summed E-state index contributed by atoms with van der Waals surface area (Å²) in [6.45, 7) is 9.63. The first kappa shape index (κ1) is 24.5. The van der Waals surface area contributed by atoms with Gasteiger partial charge in [-0.3, -0.25) is 4.99 Å². The molecule has 4 aliphatic rings. The molecule has 6 nitrogen and oxygen atoms in total. The number of hydrogen-bond acceptors (Lipinski definition) is 4. The zero-order valence-corrected chi connectivity index (χ0v) is 21.3. The van der Waals surface area contributed by atoms with Crippen LogP contribution in [-0.2, 0) is 14.2 Å². The average Bonchev–Trinajstić information content (AvgIpc) is 3.44. The van der Waals surface area contributed by atoms with Gasteiger partial charge >= 0.3 is 0 Å². The fraction of sp³-hybridized carbons (Fsp3) is 0.957. The van der Waals surface area contributed by atoms with Gasteiger partial charge in [-0.05, 0) is 58.8 Å². The molecule has 0 aromatic carbocycles. The molecule has 0 bridgehead atoms. The first-order valence-electron chi connectivity index (χ1n) is 12.2. The van der Waals surface area contributed by atoms with Gasteiger partial charge < -0.3 is 24.4 Å². The maximum atomic E-state index is 6.16. The number of aliphatic imine (C=N–C) groups is 1. The lowest BCUT2D eigenvalue weighted by Crippen LogP contribution is -2.65. The van der Waals surface area contributed by atoms with E-state index in [4.69, 9.17) is 19.2 Å². The standard InChI is InChI=1S/C23H41N3O3.HI/c1-3-24-22(25-20-16-21(27-4-2)23(20)11-5-6-12-23)26-13-9-18(10-14-26)29-17-19-8-7-15-28-19;/h18-21H,3-17H2,1-2H3,(H,24,25);1H. The van der Waals surface area contributed by atoms with E-state index in [9.17, 15) is 0 Å². The van der Waals surface area contributed by atoms with Crippen LogP contribution < -0.4 is 5.32 Å². The molecule has 4 rings (SSSR count). The molecule has 4 fully saturated rings. The van der Waals surface area contributed by atoms with E-state index in [1.54, 1.807) is 0 Å². The highest BCUT2D eigenvalue weighted by atomic mass is 127. The average molecular weight is 536 g/mol. The van der Waals surface area contributed by atoms with Gasteiger partial charge in [0.1, 0.15) is 0 Å².